The van der Waals surface area contributed by atoms with E-state index in [1.54, 1.807) is 6.07 Å². The Bertz CT molecular complexity index is 971. The van der Waals surface area contributed by atoms with E-state index in [1.165, 1.54) is 4.31 Å². The molecule has 2 aromatic rings. The first-order valence-electron chi connectivity index (χ1n) is 9.63. The number of nitrogens with one attached hydrogen (secondary N) is 1. The van der Waals surface area contributed by atoms with E-state index in [1.807, 2.05) is 52.0 Å². The topological polar surface area (TPSA) is 66.5 Å². The third-order valence-electron chi connectivity index (χ3n) is 5.28. The van der Waals surface area contributed by atoms with Crippen LogP contribution in [0.4, 0.5) is 5.69 Å². The molecule has 1 heterocycles. The molecule has 1 aliphatic rings. The van der Waals surface area contributed by atoms with Crippen molar-refractivity contribution >= 4 is 21.6 Å². The smallest absolute Gasteiger partial charge is 0.243 e. The van der Waals surface area contributed by atoms with Crippen LogP contribution in [-0.4, -0.2) is 31.7 Å². The van der Waals surface area contributed by atoms with Crippen LogP contribution in [0.25, 0.3) is 0 Å². The van der Waals surface area contributed by atoms with Crippen molar-refractivity contribution in [2.24, 2.45) is 5.92 Å². The third-order valence-corrected chi connectivity index (χ3v) is 7.32. The van der Waals surface area contributed by atoms with E-state index in [4.69, 9.17) is 0 Å². The zero-order valence-corrected chi connectivity index (χ0v) is 17.8. The lowest BCUT2D eigenvalue weighted by Gasteiger charge is -2.31. The monoisotopic (exact) mass is 400 g/mol. The van der Waals surface area contributed by atoms with Crippen LogP contribution in [0.2, 0.25) is 0 Å². The van der Waals surface area contributed by atoms with Gasteiger partial charge in [-0.1, -0.05) is 18.2 Å². The van der Waals surface area contributed by atoms with E-state index in [9.17, 15) is 13.2 Å². The van der Waals surface area contributed by atoms with Gasteiger partial charge in [0.15, 0.2) is 0 Å². The predicted octanol–water partition coefficient (Wildman–Crippen LogP) is 3.96. The van der Waals surface area contributed by atoms with E-state index in [-0.39, 0.29) is 11.8 Å². The molecule has 0 aromatic heterocycles. The maximum Gasteiger partial charge on any atom is 0.243 e. The minimum absolute atomic E-state index is 0.0335. The maximum atomic E-state index is 13.0. The van der Waals surface area contributed by atoms with Crippen LogP contribution in [-0.2, 0) is 14.8 Å². The van der Waals surface area contributed by atoms with Gasteiger partial charge in [0.25, 0.3) is 0 Å². The number of carbonyl (C=O) groups is 1. The summed E-state index contributed by atoms with van der Waals surface area (Å²) in [6, 6.07) is 11.4. The standard InChI is InChI=1S/C22H28N2O3S/c1-15-5-6-18(4)21(14-15)28(26,27)24-9-7-19(8-10-24)22(25)23-20-12-16(2)11-17(3)13-20/h5-6,11-14,19H,7-10H2,1-4H3,(H,23,25). The van der Waals surface area contributed by atoms with Gasteiger partial charge in [-0.25, -0.2) is 8.42 Å². The van der Waals surface area contributed by atoms with Gasteiger partial charge in [-0.2, -0.15) is 4.31 Å². The summed E-state index contributed by atoms with van der Waals surface area (Å²) in [6.45, 7) is 8.43. The molecule has 1 N–H and O–H groups in total. The Kier molecular flexibility index (Phi) is 5.91. The van der Waals surface area contributed by atoms with Crippen LogP contribution >= 0.6 is 0 Å². The number of rotatable bonds is 4. The first-order chi connectivity index (χ1) is 13.2. The van der Waals surface area contributed by atoms with Crippen LogP contribution < -0.4 is 5.32 Å². The number of sulfonamides is 1. The van der Waals surface area contributed by atoms with Crippen LogP contribution in [0.1, 0.15) is 35.1 Å². The second kappa shape index (κ2) is 8.05. The Morgan fingerprint density at radius 2 is 1.54 bits per heavy atom. The minimum Gasteiger partial charge on any atom is -0.326 e. The molecular weight excluding hydrogens is 372 g/mol. The number of aryl methyl sites for hydroxylation is 4. The second-order valence-corrected chi connectivity index (χ2v) is 9.72. The number of piperidine rings is 1. The van der Waals surface area contributed by atoms with E-state index in [0.717, 1.165) is 27.9 Å². The van der Waals surface area contributed by atoms with Gasteiger partial charge in [0.2, 0.25) is 15.9 Å². The molecule has 28 heavy (non-hydrogen) atoms. The Morgan fingerprint density at radius 1 is 0.929 bits per heavy atom. The summed E-state index contributed by atoms with van der Waals surface area (Å²) >= 11 is 0. The fourth-order valence-electron chi connectivity index (χ4n) is 3.77. The molecule has 1 saturated heterocycles. The Balaban J connectivity index is 1.66. The number of anilines is 1. The highest BCUT2D eigenvalue weighted by Gasteiger charge is 2.32. The highest BCUT2D eigenvalue weighted by Crippen LogP contribution is 2.27. The Morgan fingerprint density at radius 3 is 2.14 bits per heavy atom. The summed E-state index contributed by atoms with van der Waals surface area (Å²) in [5, 5.41) is 2.99. The molecule has 0 atom stereocenters. The van der Waals surface area contributed by atoms with E-state index >= 15 is 0 Å². The summed E-state index contributed by atoms with van der Waals surface area (Å²) in [5.41, 5.74) is 4.68. The SMILES string of the molecule is Cc1cc(C)cc(NC(=O)C2CCN(S(=O)(=O)c3cc(C)ccc3C)CC2)c1. The number of hydrogen-bond acceptors (Lipinski definition) is 3. The van der Waals surface area contributed by atoms with Crippen molar-refractivity contribution in [2.45, 2.75) is 45.4 Å². The van der Waals surface area contributed by atoms with E-state index in [2.05, 4.69) is 11.4 Å². The molecule has 6 heteroatoms. The molecule has 0 unspecified atom stereocenters. The number of amides is 1. The van der Waals surface area contributed by atoms with Crippen molar-refractivity contribution in [3.05, 3.63) is 58.7 Å². The largest absolute Gasteiger partial charge is 0.326 e. The van der Waals surface area contributed by atoms with Crippen LogP contribution in [0.5, 0.6) is 0 Å². The lowest BCUT2D eigenvalue weighted by Crippen LogP contribution is -2.41. The van der Waals surface area contributed by atoms with Crippen molar-refractivity contribution in [3.63, 3.8) is 0 Å². The molecule has 1 fully saturated rings. The molecule has 0 aliphatic carbocycles. The average Bonchev–Trinajstić information content (AvgIpc) is 2.63. The van der Waals surface area contributed by atoms with Gasteiger partial charge in [0, 0.05) is 24.7 Å². The van der Waals surface area contributed by atoms with E-state index in [0.29, 0.717) is 30.8 Å². The van der Waals surface area contributed by atoms with Gasteiger partial charge in [0.1, 0.15) is 0 Å². The average molecular weight is 401 g/mol. The third kappa shape index (κ3) is 4.45. The van der Waals surface area contributed by atoms with Crippen LogP contribution in [0.15, 0.2) is 41.3 Å². The van der Waals surface area contributed by atoms with Crippen LogP contribution in [0.3, 0.4) is 0 Å². The molecule has 3 rings (SSSR count). The molecule has 1 aliphatic heterocycles. The zero-order valence-electron chi connectivity index (χ0n) is 17.0. The molecule has 5 nitrogen and oxygen atoms in total. The summed E-state index contributed by atoms with van der Waals surface area (Å²) < 4.78 is 27.6. The normalized spacial score (nSPS) is 16.1. The molecule has 150 valence electrons. The van der Waals surface area contributed by atoms with Gasteiger partial charge >= 0.3 is 0 Å². The quantitative estimate of drug-likeness (QED) is 0.845. The zero-order chi connectivity index (χ0) is 20.5. The summed E-state index contributed by atoms with van der Waals surface area (Å²) in [4.78, 5) is 13.0. The fourth-order valence-corrected chi connectivity index (χ4v) is 5.55. The van der Waals surface area contributed by atoms with Crippen molar-refractivity contribution < 1.29 is 13.2 Å². The summed E-state index contributed by atoms with van der Waals surface area (Å²) in [7, 11) is -3.53. The molecule has 0 saturated carbocycles. The molecule has 0 bridgehead atoms. The highest BCUT2D eigenvalue weighted by atomic mass is 32.2. The van der Waals surface area contributed by atoms with Crippen molar-refractivity contribution in [2.75, 3.05) is 18.4 Å². The number of carbonyl (C=O) groups excluding carboxylic acids is 1. The lowest BCUT2D eigenvalue weighted by molar-refractivity contribution is -0.120. The van der Waals surface area contributed by atoms with Gasteiger partial charge < -0.3 is 5.32 Å². The molecule has 0 radical (unpaired) electrons. The van der Waals surface area contributed by atoms with Crippen molar-refractivity contribution in [1.82, 2.24) is 4.31 Å². The highest BCUT2D eigenvalue weighted by molar-refractivity contribution is 7.89. The maximum absolute atomic E-state index is 13.0. The summed E-state index contributed by atoms with van der Waals surface area (Å²) in [5.74, 6) is -0.209. The van der Waals surface area contributed by atoms with Gasteiger partial charge in [-0.3, -0.25) is 4.79 Å². The molecule has 2 aromatic carbocycles. The minimum atomic E-state index is -3.53. The number of benzene rings is 2. The van der Waals surface area contributed by atoms with Crippen molar-refractivity contribution in [3.8, 4) is 0 Å². The number of hydrogen-bond donors (Lipinski definition) is 1. The lowest BCUT2D eigenvalue weighted by atomic mass is 9.97. The van der Waals surface area contributed by atoms with Crippen LogP contribution in [0, 0.1) is 33.6 Å². The molecular formula is C22H28N2O3S. The first-order valence-corrected chi connectivity index (χ1v) is 11.1. The molecule has 1 amide bonds. The Labute approximate surface area is 167 Å². The van der Waals surface area contributed by atoms with Crippen molar-refractivity contribution in [1.29, 1.82) is 0 Å². The summed E-state index contributed by atoms with van der Waals surface area (Å²) in [6.07, 6.45) is 1.06. The first kappa shape index (κ1) is 20.6. The number of nitrogens with zero attached hydrogens (tertiary/aromatic N) is 1. The fraction of sp³-hybridized carbons (Fsp3) is 0.409. The second-order valence-electron chi connectivity index (χ2n) is 7.81. The van der Waals surface area contributed by atoms with Gasteiger partial charge in [-0.05, 0) is 81.0 Å². The van der Waals surface area contributed by atoms with E-state index < -0.39 is 10.0 Å². The Hall–Kier alpha value is -2.18. The molecule has 0 spiro atoms. The predicted molar refractivity (Wildman–Crippen MR) is 112 cm³/mol. The van der Waals surface area contributed by atoms with Gasteiger partial charge in [0.05, 0.1) is 4.90 Å². The van der Waals surface area contributed by atoms with Gasteiger partial charge in [-0.15, -0.1) is 0 Å².